The number of esters is 3. The molecule has 0 bridgehead atoms. The van der Waals surface area contributed by atoms with Gasteiger partial charge < -0.3 is 14.2 Å². The largest absolute Gasteiger partial charge is 0.450 e. The molecule has 0 saturated carbocycles. The van der Waals surface area contributed by atoms with E-state index in [2.05, 4.69) is 59.2 Å². The third-order valence-electron chi connectivity index (χ3n) is 7.74. The van der Waals surface area contributed by atoms with Gasteiger partial charge >= 0.3 is 17.9 Å². The van der Waals surface area contributed by atoms with E-state index in [1.165, 1.54) is 18.2 Å². The SMILES string of the molecule is C=CCC(CC=C)(OC(=O)c1ccc(C(=O)OC(CC=C)(CC=C)C(=C)C)c(C(=O)OC(CC=C)(CC=C)C(=C)C)c1)C(=C)C. The zero-order chi connectivity index (χ0) is 34.4. The molecule has 0 atom stereocenters. The topological polar surface area (TPSA) is 78.9 Å². The highest BCUT2D eigenvalue weighted by atomic mass is 16.6. The van der Waals surface area contributed by atoms with Crippen LogP contribution < -0.4 is 0 Å². The van der Waals surface area contributed by atoms with E-state index in [-0.39, 0.29) is 42.4 Å². The van der Waals surface area contributed by atoms with Crippen LogP contribution in [0.25, 0.3) is 0 Å². The number of hydrogen-bond donors (Lipinski definition) is 0. The molecule has 1 rings (SSSR count). The second-order valence-electron chi connectivity index (χ2n) is 11.2. The molecule has 0 fully saturated rings. The van der Waals surface area contributed by atoms with Gasteiger partial charge in [0.1, 0.15) is 16.8 Å². The van der Waals surface area contributed by atoms with Gasteiger partial charge in [-0.1, -0.05) is 56.2 Å². The van der Waals surface area contributed by atoms with Crippen LogP contribution in [0.15, 0.2) is 131 Å². The van der Waals surface area contributed by atoms with Gasteiger partial charge in [-0.15, -0.1) is 39.5 Å². The molecule has 0 N–H and O–H groups in total. The van der Waals surface area contributed by atoms with E-state index in [4.69, 9.17) is 14.2 Å². The lowest BCUT2D eigenvalue weighted by molar-refractivity contribution is -0.00354. The van der Waals surface area contributed by atoms with Crippen LogP contribution in [0, 0.1) is 0 Å². The third-order valence-corrected chi connectivity index (χ3v) is 7.74. The summed E-state index contributed by atoms with van der Waals surface area (Å²) in [5, 5.41) is 0. The molecule has 6 heteroatoms. The van der Waals surface area contributed by atoms with Gasteiger partial charge in [0, 0.05) is 38.5 Å². The fourth-order valence-electron chi connectivity index (χ4n) is 4.92. The van der Waals surface area contributed by atoms with Gasteiger partial charge in [-0.2, -0.15) is 0 Å². The zero-order valence-electron chi connectivity index (χ0n) is 27.3. The van der Waals surface area contributed by atoms with Gasteiger partial charge in [0.05, 0.1) is 16.7 Å². The minimum Gasteiger partial charge on any atom is -0.450 e. The second-order valence-corrected chi connectivity index (χ2v) is 11.2. The van der Waals surface area contributed by atoms with Crippen molar-refractivity contribution >= 4 is 17.9 Å². The summed E-state index contributed by atoms with van der Waals surface area (Å²) in [4.78, 5) is 41.4. The van der Waals surface area contributed by atoms with Crippen LogP contribution in [0.5, 0.6) is 0 Å². The summed E-state index contributed by atoms with van der Waals surface area (Å²) in [6.45, 7) is 40.0. The average Bonchev–Trinajstić information content (AvgIpc) is 2.97. The molecular weight excluding hydrogens is 564 g/mol. The molecule has 0 unspecified atom stereocenters. The van der Waals surface area contributed by atoms with E-state index in [1.807, 2.05) is 0 Å². The smallest absolute Gasteiger partial charge is 0.339 e. The van der Waals surface area contributed by atoms with E-state index in [1.54, 1.807) is 57.2 Å². The molecule has 0 aliphatic carbocycles. The van der Waals surface area contributed by atoms with Crippen LogP contribution >= 0.6 is 0 Å². The number of rotatable bonds is 21. The van der Waals surface area contributed by atoms with Crippen molar-refractivity contribution in [3.8, 4) is 0 Å². The Morgan fingerprint density at radius 3 is 1.11 bits per heavy atom. The van der Waals surface area contributed by atoms with Crippen molar-refractivity contribution in [1.82, 2.24) is 0 Å². The van der Waals surface area contributed by atoms with Crippen LogP contribution in [-0.2, 0) is 14.2 Å². The highest BCUT2D eigenvalue weighted by Crippen LogP contribution is 2.35. The molecule has 0 aromatic heterocycles. The fourth-order valence-corrected chi connectivity index (χ4v) is 4.92. The molecule has 240 valence electrons. The Kier molecular flexibility index (Phi) is 14.4. The highest BCUT2D eigenvalue weighted by molar-refractivity contribution is 6.05. The number of hydrogen-bond acceptors (Lipinski definition) is 6. The maximum atomic E-state index is 14.0. The highest BCUT2D eigenvalue weighted by Gasteiger charge is 2.38. The molecule has 0 amide bonds. The normalized spacial score (nSPS) is 11.3. The van der Waals surface area contributed by atoms with E-state index in [0.29, 0.717) is 29.6 Å². The van der Waals surface area contributed by atoms with Crippen molar-refractivity contribution in [1.29, 1.82) is 0 Å². The monoisotopic (exact) mass is 612 g/mol. The molecule has 0 aliphatic heterocycles. The summed E-state index contributed by atoms with van der Waals surface area (Å²) in [5.41, 5.74) is -2.03. The molecule has 0 spiro atoms. The second kappa shape index (κ2) is 17.0. The summed E-state index contributed by atoms with van der Waals surface area (Å²) < 4.78 is 18.0. The van der Waals surface area contributed by atoms with Crippen molar-refractivity contribution in [2.24, 2.45) is 0 Å². The third kappa shape index (κ3) is 9.15. The van der Waals surface area contributed by atoms with Crippen molar-refractivity contribution in [2.75, 3.05) is 0 Å². The quantitative estimate of drug-likeness (QED) is 0.0781. The van der Waals surface area contributed by atoms with Crippen LogP contribution in [0.4, 0.5) is 0 Å². The Balaban J connectivity index is 3.90. The summed E-state index contributed by atoms with van der Waals surface area (Å²) in [5.74, 6) is -2.44. The molecule has 0 heterocycles. The summed E-state index contributed by atoms with van der Waals surface area (Å²) >= 11 is 0. The van der Waals surface area contributed by atoms with E-state index in [0.717, 1.165) is 0 Å². The predicted octanol–water partition coefficient (Wildman–Crippen LogP) is 9.56. The van der Waals surface area contributed by atoms with Gasteiger partial charge in [-0.3, -0.25) is 0 Å². The van der Waals surface area contributed by atoms with E-state index in [9.17, 15) is 14.4 Å². The Labute approximate surface area is 269 Å². The zero-order valence-corrected chi connectivity index (χ0v) is 27.3. The van der Waals surface area contributed by atoms with Crippen molar-refractivity contribution in [2.45, 2.75) is 76.1 Å². The summed E-state index contributed by atoms with van der Waals surface area (Å²) in [7, 11) is 0. The maximum absolute atomic E-state index is 14.0. The first-order valence-electron chi connectivity index (χ1n) is 14.7. The Morgan fingerprint density at radius 1 is 0.533 bits per heavy atom. The molecular formula is C39H48O6. The Hall–Kier alpha value is -4.71. The Morgan fingerprint density at radius 2 is 0.822 bits per heavy atom. The van der Waals surface area contributed by atoms with Crippen LogP contribution in [-0.4, -0.2) is 34.7 Å². The van der Waals surface area contributed by atoms with Crippen LogP contribution in [0.2, 0.25) is 0 Å². The average molecular weight is 613 g/mol. The first kappa shape index (κ1) is 38.3. The lowest BCUT2D eigenvalue weighted by atomic mass is 9.87. The molecule has 45 heavy (non-hydrogen) atoms. The number of carbonyl (C=O) groups is 3. The van der Waals surface area contributed by atoms with Gasteiger partial charge in [0.2, 0.25) is 0 Å². The number of ether oxygens (including phenoxy) is 3. The number of carbonyl (C=O) groups excluding carboxylic acids is 3. The Bertz CT molecular complexity index is 1360. The van der Waals surface area contributed by atoms with Gasteiger partial charge in [-0.25, -0.2) is 14.4 Å². The van der Waals surface area contributed by atoms with Crippen molar-refractivity contribution in [3.05, 3.63) is 147 Å². The van der Waals surface area contributed by atoms with Gasteiger partial charge in [-0.05, 0) is 55.7 Å². The summed E-state index contributed by atoms with van der Waals surface area (Å²) in [6, 6.07) is 4.00. The molecule has 0 aliphatic rings. The van der Waals surface area contributed by atoms with E-state index >= 15 is 0 Å². The predicted molar refractivity (Wildman–Crippen MR) is 184 cm³/mol. The molecule has 1 aromatic carbocycles. The van der Waals surface area contributed by atoms with Crippen LogP contribution in [0.1, 0.15) is 90.4 Å². The molecule has 1 aromatic rings. The van der Waals surface area contributed by atoms with Crippen molar-refractivity contribution in [3.63, 3.8) is 0 Å². The van der Waals surface area contributed by atoms with Crippen molar-refractivity contribution < 1.29 is 28.6 Å². The maximum Gasteiger partial charge on any atom is 0.339 e. The van der Waals surface area contributed by atoms with Gasteiger partial charge in [0.15, 0.2) is 0 Å². The molecule has 6 nitrogen and oxygen atoms in total. The molecule has 0 saturated heterocycles. The first-order valence-corrected chi connectivity index (χ1v) is 14.7. The van der Waals surface area contributed by atoms with E-state index < -0.39 is 34.7 Å². The first-order chi connectivity index (χ1) is 21.2. The van der Waals surface area contributed by atoms with Gasteiger partial charge in [0.25, 0.3) is 0 Å². The van der Waals surface area contributed by atoms with Crippen LogP contribution in [0.3, 0.4) is 0 Å². The minimum atomic E-state index is -1.19. The standard InChI is InChI=1S/C39H48O6/c1-13-21-37(22-14-2,28(7)8)43-34(40)31-19-20-32(35(41)44-38(23-15-3,24-16-4)29(9)10)33(27-31)36(42)45-39(25-17-5,26-18-6)30(11)12/h13-20,27H,1-7,9,11,21-26H2,8,10,12H3. The lowest BCUT2D eigenvalue weighted by Gasteiger charge is -2.34. The lowest BCUT2D eigenvalue weighted by Crippen LogP contribution is -2.38. The molecule has 0 radical (unpaired) electrons. The summed E-state index contributed by atoms with van der Waals surface area (Å²) in [6.07, 6.45) is 11.3. The minimum absolute atomic E-state index is 0.00830. The number of benzene rings is 1. The fraction of sp³-hybridized carbons (Fsp3) is 0.308.